The lowest BCUT2D eigenvalue weighted by Crippen LogP contribution is -2.41. The molecule has 0 aliphatic carbocycles. The van der Waals surface area contributed by atoms with E-state index in [2.05, 4.69) is 6.58 Å². The summed E-state index contributed by atoms with van der Waals surface area (Å²) in [5.74, 6) is 0.721. The molecule has 0 radical (unpaired) electrons. The molecule has 5 heteroatoms. The number of carbonyl (C=O) groups excluding carboxylic acids is 1. The van der Waals surface area contributed by atoms with Crippen LogP contribution in [0.5, 0.6) is 5.75 Å². The molecular weight excluding hydrogens is 264 g/mol. The number of halogens is 1. The van der Waals surface area contributed by atoms with Gasteiger partial charge < -0.3 is 15.4 Å². The van der Waals surface area contributed by atoms with E-state index in [4.69, 9.17) is 10.5 Å². The third-order valence-electron chi connectivity index (χ3n) is 2.58. The van der Waals surface area contributed by atoms with Crippen molar-refractivity contribution in [2.75, 3.05) is 13.7 Å². The zero-order valence-electron chi connectivity index (χ0n) is 11.3. The Morgan fingerprint density at radius 1 is 1.47 bits per heavy atom. The van der Waals surface area contributed by atoms with E-state index in [1.807, 2.05) is 24.3 Å². The molecule has 106 valence electrons. The van der Waals surface area contributed by atoms with Crippen molar-refractivity contribution in [2.24, 2.45) is 5.73 Å². The van der Waals surface area contributed by atoms with E-state index in [1.54, 1.807) is 25.0 Å². The lowest BCUT2D eigenvalue weighted by Gasteiger charge is -2.23. The van der Waals surface area contributed by atoms with Gasteiger partial charge in [-0.2, -0.15) is 0 Å². The van der Waals surface area contributed by atoms with Crippen molar-refractivity contribution in [1.82, 2.24) is 4.90 Å². The van der Waals surface area contributed by atoms with Crippen LogP contribution in [-0.4, -0.2) is 30.5 Å². The van der Waals surface area contributed by atoms with Crippen molar-refractivity contribution in [3.8, 4) is 5.75 Å². The Kier molecular flexibility index (Phi) is 7.87. The maximum atomic E-state index is 11.9. The first-order valence-corrected chi connectivity index (χ1v) is 5.86. The molecule has 4 nitrogen and oxygen atoms in total. The molecule has 1 rings (SSSR count). The normalized spacial score (nSPS) is 11.1. The second-order valence-corrected chi connectivity index (χ2v) is 4.14. The molecule has 0 aliphatic heterocycles. The summed E-state index contributed by atoms with van der Waals surface area (Å²) in [4.78, 5) is 13.6. The summed E-state index contributed by atoms with van der Waals surface area (Å²) in [6.07, 6.45) is 1.70. The molecule has 0 saturated carbocycles. The molecule has 0 heterocycles. The van der Waals surface area contributed by atoms with Gasteiger partial charge in [-0.1, -0.05) is 18.2 Å². The zero-order chi connectivity index (χ0) is 13.5. The van der Waals surface area contributed by atoms with Gasteiger partial charge in [-0.3, -0.25) is 4.79 Å². The third kappa shape index (κ3) is 5.32. The van der Waals surface area contributed by atoms with Crippen LogP contribution in [0.1, 0.15) is 12.5 Å². The average Bonchev–Trinajstić information content (AvgIpc) is 2.38. The number of rotatable bonds is 6. The van der Waals surface area contributed by atoms with Gasteiger partial charge in [0.2, 0.25) is 5.91 Å². The summed E-state index contributed by atoms with van der Waals surface area (Å²) in [5, 5.41) is 0. The maximum absolute atomic E-state index is 11.9. The van der Waals surface area contributed by atoms with E-state index in [0.717, 1.165) is 11.3 Å². The Morgan fingerprint density at radius 2 is 2.05 bits per heavy atom. The van der Waals surface area contributed by atoms with Crippen LogP contribution < -0.4 is 10.5 Å². The fraction of sp³-hybridized carbons (Fsp3) is 0.357. The maximum Gasteiger partial charge on any atom is 0.239 e. The summed E-state index contributed by atoms with van der Waals surface area (Å²) in [5.41, 5.74) is 6.65. The van der Waals surface area contributed by atoms with E-state index in [9.17, 15) is 4.79 Å². The number of nitrogens with two attached hydrogens (primary N) is 1. The van der Waals surface area contributed by atoms with E-state index >= 15 is 0 Å². The van der Waals surface area contributed by atoms with Gasteiger partial charge in [0.15, 0.2) is 0 Å². The van der Waals surface area contributed by atoms with Crippen LogP contribution >= 0.6 is 12.4 Å². The van der Waals surface area contributed by atoms with Gasteiger partial charge >= 0.3 is 0 Å². The smallest absolute Gasteiger partial charge is 0.239 e. The number of methoxy groups -OCH3 is 1. The molecule has 0 aromatic heterocycles. The van der Waals surface area contributed by atoms with Gasteiger partial charge in [0, 0.05) is 13.1 Å². The molecule has 1 aromatic rings. The molecule has 19 heavy (non-hydrogen) atoms. The fourth-order valence-electron chi connectivity index (χ4n) is 1.63. The lowest BCUT2D eigenvalue weighted by atomic mass is 10.2. The molecule has 0 bridgehead atoms. The van der Waals surface area contributed by atoms with Gasteiger partial charge in [-0.25, -0.2) is 0 Å². The number of hydrogen-bond acceptors (Lipinski definition) is 3. The van der Waals surface area contributed by atoms with Crippen molar-refractivity contribution >= 4 is 18.3 Å². The topological polar surface area (TPSA) is 55.6 Å². The molecule has 0 fully saturated rings. The second kappa shape index (κ2) is 8.56. The summed E-state index contributed by atoms with van der Waals surface area (Å²) < 4.78 is 5.09. The van der Waals surface area contributed by atoms with Crippen molar-refractivity contribution in [2.45, 2.75) is 19.5 Å². The third-order valence-corrected chi connectivity index (χ3v) is 2.58. The molecule has 0 aliphatic rings. The van der Waals surface area contributed by atoms with Crippen molar-refractivity contribution < 1.29 is 9.53 Å². The van der Waals surface area contributed by atoms with Gasteiger partial charge in [-0.15, -0.1) is 19.0 Å². The van der Waals surface area contributed by atoms with E-state index in [0.29, 0.717) is 13.1 Å². The van der Waals surface area contributed by atoms with E-state index < -0.39 is 6.04 Å². The lowest BCUT2D eigenvalue weighted by molar-refractivity contribution is -0.132. The standard InChI is InChI=1S/C14H20N2O2.ClH/c1-4-9-16(14(17)11(2)15)10-12-5-7-13(18-3)8-6-12;/h4-8,11H,1,9-10,15H2,2-3H3;1H. The molecule has 0 saturated heterocycles. The van der Waals surface area contributed by atoms with Crippen LogP contribution in [0.15, 0.2) is 36.9 Å². The Bertz CT molecular complexity index is 404. The average molecular weight is 285 g/mol. The minimum Gasteiger partial charge on any atom is -0.497 e. The highest BCUT2D eigenvalue weighted by Crippen LogP contribution is 2.13. The van der Waals surface area contributed by atoms with Gasteiger partial charge in [0.1, 0.15) is 5.75 Å². The predicted molar refractivity (Wildman–Crippen MR) is 79.5 cm³/mol. The van der Waals surface area contributed by atoms with Crippen molar-refractivity contribution in [3.05, 3.63) is 42.5 Å². The van der Waals surface area contributed by atoms with Gasteiger partial charge in [-0.05, 0) is 24.6 Å². The number of ether oxygens (including phenoxy) is 1. The fourth-order valence-corrected chi connectivity index (χ4v) is 1.63. The molecule has 1 atom stereocenters. The Labute approximate surface area is 120 Å². The Balaban J connectivity index is 0.00000324. The quantitative estimate of drug-likeness (QED) is 0.813. The van der Waals surface area contributed by atoms with E-state index in [-0.39, 0.29) is 18.3 Å². The first kappa shape index (κ1) is 17.5. The van der Waals surface area contributed by atoms with Crippen molar-refractivity contribution in [3.63, 3.8) is 0 Å². The first-order chi connectivity index (χ1) is 8.58. The number of nitrogens with zero attached hydrogens (tertiary/aromatic N) is 1. The van der Waals surface area contributed by atoms with Crippen LogP contribution in [0, 0.1) is 0 Å². The van der Waals surface area contributed by atoms with Crippen LogP contribution in [-0.2, 0) is 11.3 Å². The van der Waals surface area contributed by atoms with Gasteiger partial charge in [0.05, 0.1) is 13.2 Å². The molecule has 1 aromatic carbocycles. The van der Waals surface area contributed by atoms with E-state index in [1.165, 1.54) is 0 Å². The van der Waals surface area contributed by atoms with Crippen LogP contribution in [0.4, 0.5) is 0 Å². The van der Waals surface area contributed by atoms with Crippen molar-refractivity contribution in [1.29, 1.82) is 0 Å². The van der Waals surface area contributed by atoms with Crippen LogP contribution in [0.2, 0.25) is 0 Å². The van der Waals surface area contributed by atoms with Crippen LogP contribution in [0.3, 0.4) is 0 Å². The highest BCUT2D eigenvalue weighted by atomic mass is 35.5. The SMILES string of the molecule is C=CCN(Cc1ccc(OC)cc1)C(=O)C(C)N.Cl. The zero-order valence-corrected chi connectivity index (χ0v) is 12.2. The molecule has 2 N–H and O–H groups in total. The highest BCUT2D eigenvalue weighted by molar-refractivity contribution is 5.85. The second-order valence-electron chi connectivity index (χ2n) is 4.14. The molecule has 1 amide bonds. The predicted octanol–water partition coefficient (Wildman–Crippen LogP) is 1.98. The number of benzene rings is 1. The summed E-state index contributed by atoms with van der Waals surface area (Å²) >= 11 is 0. The Hall–Kier alpha value is -1.52. The number of hydrogen-bond donors (Lipinski definition) is 1. The largest absolute Gasteiger partial charge is 0.497 e. The number of amides is 1. The summed E-state index contributed by atoms with van der Waals surface area (Å²) in [6.45, 7) is 6.36. The minimum absolute atomic E-state index is 0. The number of carbonyl (C=O) groups is 1. The summed E-state index contributed by atoms with van der Waals surface area (Å²) in [6, 6.07) is 7.12. The molecular formula is C14H21ClN2O2. The highest BCUT2D eigenvalue weighted by Gasteiger charge is 2.16. The minimum atomic E-state index is -0.497. The first-order valence-electron chi connectivity index (χ1n) is 5.86. The van der Waals surface area contributed by atoms with Crippen LogP contribution in [0.25, 0.3) is 0 Å². The molecule has 0 spiro atoms. The van der Waals surface area contributed by atoms with Gasteiger partial charge in [0.25, 0.3) is 0 Å². The molecule has 1 unspecified atom stereocenters. The Morgan fingerprint density at radius 3 is 2.47 bits per heavy atom. The monoisotopic (exact) mass is 284 g/mol. The summed E-state index contributed by atoms with van der Waals surface area (Å²) in [7, 11) is 1.62.